The molecular weight excluding hydrogens is 887 g/mol. The monoisotopic (exact) mass is 955 g/mol. The van der Waals surface area contributed by atoms with Crippen molar-refractivity contribution in [3.8, 4) is 11.5 Å². The Morgan fingerprint density at radius 3 is 2.03 bits per heavy atom. The molecule has 3 unspecified atom stereocenters. The van der Waals surface area contributed by atoms with Crippen LogP contribution in [0.15, 0.2) is 78.9 Å². The van der Waals surface area contributed by atoms with Crippen molar-refractivity contribution in [3.63, 3.8) is 0 Å². The Morgan fingerprint density at radius 2 is 1.51 bits per heavy atom. The van der Waals surface area contributed by atoms with Crippen molar-refractivity contribution in [2.75, 3.05) is 77.5 Å². The van der Waals surface area contributed by atoms with Gasteiger partial charge >= 0.3 is 5.97 Å². The third-order valence-electron chi connectivity index (χ3n) is 12.3. The number of nitrogens with two attached hydrogens (primary N) is 1. The molecule has 1 fully saturated rings. The molecule has 0 radical (unpaired) electrons. The fraction of sp³-hybridized carbons (Fsp3) is 0.440. The van der Waals surface area contributed by atoms with Crippen LogP contribution in [0, 0.1) is 17.2 Å². The van der Waals surface area contributed by atoms with Gasteiger partial charge in [0, 0.05) is 49.8 Å². The number of aliphatic carboxylic acids is 1. The third-order valence-corrected chi connectivity index (χ3v) is 12.8. The van der Waals surface area contributed by atoms with Crippen LogP contribution >= 0.6 is 24.4 Å². The first kappa shape index (κ1) is 53.6. The van der Waals surface area contributed by atoms with Gasteiger partial charge in [-0.25, -0.2) is 4.79 Å². The number of nitrogens with one attached hydrogen (secondary N) is 5. The van der Waals surface area contributed by atoms with Crippen LogP contribution in [0.4, 0.5) is 17.1 Å². The van der Waals surface area contributed by atoms with E-state index in [0.29, 0.717) is 64.1 Å². The number of hydrogen-bond acceptors (Lipinski definition) is 10. The van der Waals surface area contributed by atoms with E-state index in [-0.39, 0.29) is 22.9 Å². The average Bonchev–Trinajstić information content (AvgIpc) is 3.29. The summed E-state index contributed by atoms with van der Waals surface area (Å²) in [5.41, 5.74) is 8.11. The first-order valence-corrected chi connectivity index (χ1v) is 23.4. The highest BCUT2D eigenvalue weighted by molar-refractivity contribution is 7.80. The number of carboxylic acid groups (broad SMARTS) is 1. The quantitative estimate of drug-likeness (QED) is 0.0290. The molecule has 3 aromatic rings. The van der Waals surface area contributed by atoms with Crippen LogP contribution in [-0.4, -0.2) is 121 Å². The summed E-state index contributed by atoms with van der Waals surface area (Å²) in [7, 11) is 8.85. The molecule has 4 rings (SSSR count). The highest BCUT2D eigenvalue weighted by atomic mass is 32.1. The Kier molecular flexibility index (Phi) is 19.7. The first-order chi connectivity index (χ1) is 31.7. The smallest absolute Gasteiger partial charge is 0.334 e. The Hall–Kier alpha value is -6.04. The average molecular weight is 956 g/mol. The molecule has 15 nitrogen and oxygen atoms in total. The molecule has 1 aliphatic rings. The number of nitrogens with zero attached hydrogens (tertiary/aromatic N) is 3. The Labute approximate surface area is 407 Å². The summed E-state index contributed by atoms with van der Waals surface area (Å²) in [6, 6.07) is 18.2. The van der Waals surface area contributed by atoms with Crippen molar-refractivity contribution < 1.29 is 29.0 Å². The van der Waals surface area contributed by atoms with E-state index in [0.717, 1.165) is 55.8 Å². The number of thiocarbonyl (C=S) groups is 2. The lowest BCUT2D eigenvalue weighted by Crippen LogP contribution is -2.63. The van der Waals surface area contributed by atoms with E-state index in [9.17, 15) is 19.5 Å². The number of hydrogen-bond donors (Lipinski definition) is 7. The summed E-state index contributed by atoms with van der Waals surface area (Å²) in [6.45, 7) is 15.0. The third kappa shape index (κ3) is 14.0. The molecule has 2 amide bonds. The Bertz CT molecular complexity index is 2300. The zero-order valence-corrected chi connectivity index (χ0v) is 42.0. The van der Waals surface area contributed by atoms with Crippen LogP contribution in [0.5, 0.6) is 11.5 Å². The molecule has 0 aliphatic heterocycles. The molecule has 0 aromatic heterocycles. The second-order valence-corrected chi connectivity index (χ2v) is 18.4. The first-order valence-electron chi connectivity index (χ1n) is 22.5. The lowest BCUT2D eigenvalue weighted by Gasteiger charge is -2.44. The van der Waals surface area contributed by atoms with Gasteiger partial charge in [-0.15, -0.1) is 0 Å². The maximum atomic E-state index is 13.9. The lowest BCUT2D eigenvalue weighted by atomic mass is 9.66. The highest BCUT2D eigenvalue weighted by Gasteiger charge is 2.51. The number of anilines is 3. The molecule has 0 spiro atoms. The molecule has 1 saturated carbocycles. The summed E-state index contributed by atoms with van der Waals surface area (Å²) < 4.78 is 11.5. The van der Waals surface area contributed by atoms with Crippen molar-refractivity contribution in [1.29, 1.82) is 5.41 Å². The van der Waals surface area contributed by atoms with E-state index in [1.54, 1.807) is 43.1 Å². The maximum Gasteiger partial charge on any atom is 0.334 e. The lowest BCUT2D eigenvalue weighted by molar-refractivity contribution is -0.148. The molecule has 0 saturated heterocycles. The standard InChI is InChI=1S/C50H69N9O6S2/c1-11-34-27-32(4)50(47(62)63,33(5)28-34)56-45(60)39(51)30-41(44-42(64-9)15-12-16-43(44)65-10)55-40-22-17-35(29-38(40)31(2)3)46(61)58(7)25-13-23-57(6)24-14-26-59(8)49(67)54-37-20-18-36(19-21-37)53-48(52)66/h12,15-22,29-31,33-34,51,55H,4,11,13-14,23-28H2,1-3,5-10H3,(H,54,67)(H,56,60)(H,62,63)(H3,52,53,66)/b41-30-,51-39?. The van der Waals surface area contributed by atoms with Crippen LogP contribution < -0.4 is 36.5 Å². The van der Waals surface area contributed by atoms with Gasteiger partial charge in [-0.1, -0.05) is 46.8 Å². The van der Waals surface area contributed by atoms with Crippen LogP contribution in [0.1, 0.15) is 87.2 Å². The summed E-state index contributed by atoms with van der Waals surface area (Å²) in [5, 5.41) is 32.7. The second kappa shape index (κ2) is 24.6. The fourth-order valence-corrected chi connectivity index (χ4v) is 8.75. The summed E-state index contributed by atoms with van der Waals surface area (Å²) in [6.07, 6.45) is 4.94. The maximum absolute atomic E-state index is 13.9. The van der Waals surface area contributed by atoms with Gasteiger partial charge in [-0.3, -0.25) is 15.0 Å². The van der Waals surface area contributed by atoms with Crippen molar-refractivity contribution in [1.82, 2.24) is 20.0 Å². The highest BCUT2D eigenvalue weighted by Crippen LogP contribution is 2.42. The van der Waals surface area contributed by atoms with Gasteiger partial charge in [-0.05, 0) is 160 Å². The van der Waals surface area contributed by atoms with Crippen molar-refractivity contribution >= 4 is 80.9 Å². The Morgan fingerprint density at radius 1 is 0.925 bits per heavy atom. The molecule has 8 N–H and O–H groups in total. The van der Waals surface area contributed by atoms with E-state index >= 15 is 0 Å². The number of methoxy groups -OCH3 is 2. The van der Waals surface area contributed by atoms with Gasteiger partial charge in [-0.2, -0.15) is 0 Å². The number of carbonyl (C=O) groups is 3. The second-order valence-electron chi connectivity index (χ2n) is 17.5. The van der Waals surface area contributed by atoms with Gasteiger partial charge in [0.2, 0.25) is 0 Å². The van der Waals surface area contributed by atoms with Gasteiger partial charge in [0.1, 0.15) is 17.2 Å². The van der Waals surface area contributed by atoms with Crippen molar-refractivity contribution in [2.45, 2.75) is 71.3 Å². The topological polar surface area (TPSA) is 198 Å². The van der Waals surface area contributed by atoms with Crippen LogP contribution in [0.25, 0.3) is 5.70 Å². The molecule has 17 heteroatoms. The number of amides is 2. The normalized spacial score (nSPS) is 17.1. The zero-order chi connectivity index (χ0) is 49.6. The van der Waals surface area contributed by atoms with Gasteiger partial charge in [0.15, 0.2) is 15.8 Å². The van der Waals surface area contributed by atoms with Crippen molar-refractivity contribution in [2.24, 2.45) is 17.6 Å². The van der Waals surface area contributed by atoms with Gasteiger partial charge < -0.3 is 56.3 Å². The fourth-order valence-electron chi connectivity index (χ4n) is 8.42. The molecule has 362 valence electrons. The predicted octanol–water partition coefficient (Wildman–Crippen LogP) is 8.02. The molecular formula is C50H69N9O6S2. The van der Waals surface area contributed by atoms with Gasteiger partial charge in [0.05, 0.1) is 25.5 Å². The predicted molar refractivity (Wildman–Crippen MR) is 279 cm³/mol. The molecule has 0 heterocycles. The minimum Gasteiger partial charge on any atom is -0.496 e. The molecule has 0 bridgehead atoms. The van der Waals surface area contributed by atoms with Crippen LogP contribution in [0.3, 0.4) is 0 Å². The number of ether oxygens (including phenoxy) is 2. The minimum atomic E-state index is -1.73. The van der Waals surface area contributed by atoms with Crippen LogP contribution in [-0.2, 0) is 9.59 Å². The zero-order valence-electron chi connectivity index (χ0n) is 40.4. The van der Waals surface area contributed by atoms with E-state index in [4.69, 9.17) is 45.1 Å². The van der Waals surface area contributed by atoms with Gasteiger partial charge in [0.25, 0.3) is 11.8 Å². The molecule has 3 atom stereocenters. The summed E-state index contributed by atoms with van der Waals surface area (Å²) in [5.74, 6) is -1.62. The van der Waals surface area contributed by atoms with E-state index in [1.165, 1.54) is 20.3 Å². The molecule has 67 heavy (non-hydrogen) atoms. The number of carbonyl (C=O) groups excluding carboxylic acids is 2. The van der Waals surface area contributed by atoms with E-state index in [2.05, 4.69) is 46.7 Å². The summed E-state index contributed by atoms with van der Waals surface area (Å²) >= 11 is 10.5. The largest absolute Gasteiger partial charge is 0.496 e. The van der Waals surface area contributed by atoms with E-state index in [1.807, 2.05) is 62.2 Å². The Balaban J connectivity index is 1.44. The number of carboxylic acids is 1. The van der Waals surface area contributed by atoms with Crippen molar-refractivity contribution in [3.05, 3.63) is 95.6 Å². The molecule has 1 aliphatic carbocycles. The van der Waals surface area contributed by atoms with Crippen LogP contribution in [0.2, 0.25) is 0 Å². The minimum absolute atomic E-state index is 0.0476. The number of rotatable bonds is 22. The molecule has 3 aromatic carbocycles. The number of benzene rings is 3. The van der Waals surface area contributed by atoms with E-state index < -0.39 is 29.0 Å². The summed E-state index contributed by atoms with van der Waals surface area (Å²) in [4.78, 5) is 46.6. The SMILES string of the molecule is C=C1CC(CC)CC(C)C1(NC(=O)C(=N)/C=C(\Nc1ccc(C(=O)N(C)CCCN(C)CCCN(C)C(=S)Nc2ccc(NC(N)=S)cc2)cc1C(C)C)c1c(OC)cccc1OC)C(=O)O.